The molecule has 1 aromatic heterocycles. The van der Waals surface area contributed by atoms with E-state index in [1.54, 1.807) is 17.0 Å². The fraction of sp³-hybridized carbons (Fsp3) is 0.500. The summed E-state index contributed by atoms with van der Waals surface area (Å²) in [6.45, 7) is 3.25. The van der Waals surface area contributed by atoms with Crippen LogP contribution in [0.25, 0.3) is 0 Å². The van der Waals surface area contributed by atoms with Crippen molar-refractivity contribution in [2.24, 2.45) is 0 Å². The largest absolute Gasteiger partial charge is 0.296 e. The molecule has 1 amide bonds. The molecule has 2 aromatic rings. The van der Waals surface area contributed by atoms with Gasteiger partial charge in [0.1, 0.15) is 17.5 Å². The Bertz CT molecular complexity index is 1090. The first kappa shape index (κ1) is 21.8. The molecule has 0 N–H and O–H groups in total. The minimum Gasteiger partial charge on any atom is -0.296 e. The van der Waals surface area contributed by atoms with Gasteiger partial charge in [0.15, 0.2) is 0 Å². The fourth-order valence-corrected chi connectivity index (χ4v) is 5.27. The van der Waals surface area contributed by atoms with Crippen molar-refractivity contribution in [2.45, 2.75) is 44.9 Å². The highest BCUT2D eigenvalue weighted by Crippen LogP contribution is 2.32. The first-order chi connectivity index (χ1) is 14.7. The number of hydrogen-bond donors (Lipinski definition) is 0. The van der Waals surface area contributed by atoms with Crippen molar-refractivity contribution in [1.29, 1.82) is 0 Å². The molecule has 2 aliphatic heterocycles. The number of anilines is 1. The van der Waals surface area contributed by atoms with Crippen molar-refractivity contribution in [3.8, 4) is 0 Å². The SMILES string of the molecule is Cc1nc([C@@H]2CCCN(S(C)(=O)=O)C2)nc2c1CCC(=O)N2CCc1ccc(F)cc1. The highest BCUT2D eigenvalue weighted by molar-refractivity contribution is 7.88. The van der Waals surface area contributed by atoms with Gasteiger partial charge in [-0.05, 0) is 50.3 Å². The number of carbonyl (C=O) groups excluding carboxylic acids is 1. The minimum absolute atomic E-state index is 0.0140. The van der Waals surface area contributed by atoms with E-state index in [4.69, 9.17) is 9.97 Å². The smallest absolute Gasteiger partial charge is 0.228 e. The predicted octanol–water partition coefficient (Wildman–Crippen LogP) is 2.59. The summed E-state index contributed by atoms with van der Waals surface area (Å²) >= 11 is 0. The molecule has 2 aliphatic rings. The molecule has 0 radical (unpaired) electrons. The van der Waals surface area contributed by atoms with Gasteiger partial charge in [0.05, 0.1) is 6.26 Å². The van der Waals surface area contributed by atoms with Gasteiger partial charge in [-0.3, -0.25) is 9.69 Å². The number of hydrogen-bond acceptors (Lipinski definition) is 5. The molecule has 0 unspecified atom stereocenters. The van der Waals surface area contributed by atoms with Crippen molar-refractivity contribution < 1.29 is 17.6 Å². The number of amides is 1. The summed E-state index contributed by atoms with van der Waals surface area (Å²) in [5.74, 6) is 0.874. The average molecular weight is 447 g/mol. The molecule has 1 fully saturated rings. The number of aryl methyl sites for hydroxylation is 1. The summed E-state index contributed by atoms with van der Waals surface area (Å²) in [4.78, 5) is 23.9. The molecule has 1 saturated heterocycles. The summed E-state index contributed by atoms with van der Waals surface area (Å²) in [5.41, 5.74) is 2.76. The van der Waals surface area contributed by atoms with Crippen LogP contribution in [0.3, 0.4) is 0 Å². The first-order valence-electron chi connectivity index (χ1n) is 10.6. The second kappa shape index (κ2) is 8.63. The summed E-state index contributed by atoms with van der Waals surface area (Å²) in [6, 6.07) is 6.29. The first-order valence-corrected chi connectivity index (χ1v) is 12.4. The third kappa shape index (κ3) is 4.77. The van der Waals surface area contributed by atoms with E-state index in [1.807, 2.05) is 6.92 Å². The molecule has 0 saturated carbocycles. The monoisotopic (exact) mass is 446 g/mol. The molecule has 0 spiro atoms. The van der Waals surface area contributed by atoms with E-state index in [0.717, 1.165) is 29.7 Å². The van der Waals surface area contributed by atoms with Crippen LogP contribution in [-0.2, 0) is 27.7 Å². The highest BCUT2D eigenvalue weighted by atomic mass is 32.2. The summed E-state index contributed by atoms with van der Waals surface area (Å²) in [7, 11) is -3.27. The van der Waals surface area contributed by atoms with Crippen LogP contribution in [0.5, 0.6) is 0 Å². The van der Waals surface area contributed by atoms with E-state index < -0.39 is 10.0 Å². The topological polar surface area (TPSA) is 83.5 Å². The lowest BCUT2D eigenvalue weighted by atomic mass is 9.97. The number of sulfonamides is 1. The van der Waals surface area contributed by atoms with Gasteiger partial charge in [-0.15, -0.1) is 0 Å². The van der Waals surface area contributed by atoms with Gasteiger partial charge >= 0.3 is 0 Å². The second-order valence-corrected chi connectivity index (χ2v) is 10.3. The number of halogens is 1. The Morgan fingerprint density at radius 2 is 1.90 bits per heavy atom. The molecule has 0 aliphatic carbocycles. The maximum absolute atomic E-state index is 13.2. The summed E-state index contributed by atoms with van der Waals surface area (Å²) in [5, 5.41) is 0. The maximum Gasteiger partial charge on any atom is 0.228 e. The van der Waals surface area contributed by atoms with Crippen LogP contribution >= 0.6 is 0 Å². The second-order valence-electron chi connectivity index (χ2n) is 8.35. The minimum atomic E-state index is -3.27. The average Bonchev–Trinajstić information content (AvgIpc) is 2.73. The summed E-state index contributed by atoms with van der Waals surface area (Å²) < 4.78 is 38.7. The van der Waals surface area contributed by atoms with E-state index in [2.05, 4.69) is 0 Å². The zero-order valence-corrected chi connectivity index (χ0v) is 18.7. The third-order valence-corrected chi connectivity index (χ3v) is 7.38. The normalized spacial score (nSPS) is 20.0. The standard InChI is InChI=1S/C22H27FN4O3S/c1-15-19-9-10-20(28)27(13-11-16-5-7-18(23)8-6-16)22(19)25-21(24-15)17-4-3-12-26(14-17)31(2,29)30/h5-8,17H,3-4,9-14H2,1-2H3/t17-/m1/s1. The molecule has 7 nitrogen and oxygen atoms in total. The predicted molar refractivity (Wildman–Crippen MR) is 116 cm³/mol. The van der Waals surface area contributed by atoms with Crippen LogP contribution in [0.15, 0.2) is 24.3 Å². The van der Waals surface area contributed by atoms with E-state index in [9.17, 15) is 17.6 Å². The van der Waals surface area contributed by atoms with Crippen molar-refractivity contribution in [2.75, 3.05) is 30.8 Å². The molecule has 31 heavy (non-hydrogen) atoms. The number of piperidine rings is 1. The van der Waals surface area contributed by atoms with Crippen LogP contribution in [-0.4, -0.2) is 54.5 Å². The van der Waals surface area contributed by atoms with E-state index in [1.165, 1.54) is 22.7 Å². The Balaban J connectivity index is 1.61. The highest BCUT2D eigenvalue weighted by Gasteiger charge is 2.32. The Kier molecular flexibility index (Phi) is 6.07. The molecular formula is C22H27FN4O3S. The molecule has 0 bridgehead atoms. The van der Waals surface area contributed by atoms with Crippen molar-refractivity contribution in [1.82, 2.24) is 14.3 Å². The van der Waals surface area contributed by atoms with Gasteiger partial charge in [0.25, 0.3) is 0 Å². The van der Waals surface area contributed by atoms with Gasteiger partial charge in [-0.2, -0.15) is 0 Å². The van der Waals surface area contributed by atoms with Crippen LogP contribution < -0.4 is 4.90 Å². The molecule has 166 valence electrons. The van der Waals surface area contributed by atoms with Gasteiger partial charge in [0, 0.05) is 43.2 Å². The van der Waals surface area contributed by atoms with Gasteiger partial charge in [-0.25, -0.2) is 27.1 Å². The van der Waals surface area contributed by atoms with Gasteiger partial charge in [-0.1, -0.05) is 12.1 Å². The number of aromatic nitrogens is 2. The number of fused-ring (bicyclic) bond motifs is 1. The molecule has 1 aromatic carbocycles. The van der Waals surface area contributed by atoms with Gasteiger partial charge in [0.2, 0.25) is 15.9 Å². The van der Waals surface area contributed by atoms with Crippen LogP contribution in [0, 0.1) is 12.7 Å². The number of benzene rings is 1. The molecule has 4 rings (SSSR count). The summed E-state index contributed by atoms with van der Waals surface area (Å²) in [6.07, 6.45) is 4.40. The fourth-order valence-electron chi connectivity index (χ4n) is 4.36. The Labute approximate surface area is 182 Å². The lowest BCUT2D eigenvalue weighted by Crippen LogP contribution is -2.40. The number of rotatable bonds is 5. The van der Waals surface area contributed by atoms with Gasteiger partial charge < -0.3 is 0 Å². The van der Waals surface area contributed by atoms with E-state index >= 15 is 0 Å². The quantitative estimate of drug-likeness (QED) is 0.705. The lowest BCUT2D eigenvalue weighted by Gasteiger charge is -2.33. The third-order valence-electron chi connectivity index (χ3n) is 6.11. The molecule has 3 heterocycles. The Morgan fingerprint density at radius 3 is 2.61 bits per heavy atom. The zero-order chi connectivity index (χ0) is 22.2. The van der Waals surface area contributed by atoms with E-state index in [-0.39, 0.29) is 17.6 Å². The van der Waals surface area contributed by atoms with Crippen molar-refractivity contribution >= 4 is 21.7 Å². The molecule has 1 atom stereocenters. The van der Waals surface area contributed by atoms with Crippen LogP contribution in [0.4, 0.5) is 10.2 Å². The van der Waals surface area contributed by atoms with E-state index in [0.29, 0.717) is 50.5 Å². The Hall–Kier alpha value is -2.39. The van der Waals surface area contributed by atoms with Crippen molar-refractivity contribution in [3.05, 3.63) is 52.7 Å². The van der Waals surface area contributed by atoms with Crippen LogP contribution in [0.1, 0.15) is 47.8 Å². The Morgan fingerprint density at radius 1 is 1.16 bits per heavy atom. The maximum atomic E-state index is 13.2. The zero-order valence-electron chi connectivity index (χ0n) is 17.8. The molecule has 9 heteroatoms. The number of nitrogens with zero attached hydrogens (tertiary/aromatic N) is 4. The lowest BCUT2D eigenvalue weighted by molar-refractivity contribution is -0.118. The molecular weight excluding hydrogens is 419 g/mol. The van der Waals surface area contributed by atoms with Crippen molar-refractivity contribution in [3.63, 3.8) is 0 Å². The number of carbonyl (C=O) groups is 1. The van der Waals surface area contributed by atoms with Crippen LogP contribution in [0.2, 0.25) is 0 Å².